The van der Waals surface area contributed by atoms with Gasteiger partial charge in [-0.05, 0) is 32.1 Å². The molecule has 0 aliphatic carbocycles. The molecule has 0 aliphatic heterocycles. The van der Waals surface area contributed by atoms with Crippen molar-refractivity contribution < 1.29 is 14.9 Å². The maximum atomic E-state index is 9.54. The van der Waals surface area contributed by atoms with Crippen LogP contribution < -0.4 is 0 Å². The molecule has 0 aliphatic rings. The van der Waals surface area contributed by atoms with Crippen molar-refractivity contribution in [3.8, 4) is 0 Å². The van der Waals surface area contributed by atoms with Crippen LogP contribution >= 0.6 is 0 Å². The van der Waals surface area contributed by atoms with E-state index in [1.807, 2.05) is 6.92 Å². The SMILES string of the molecule is CCOCC(O)CCC(O)CC(C)C. The Balaban J connectivity index is 3.40. The van der Waals surface area contributed by atoms with Gasteiger partial charge in [0.05, 0.1) is 18.8 Å². The Morgan fingerprint density at radius 1 is 1.07 bits per heavy atom. The van der Waals surface area contributed by atoms with Crippen molar-refractivity contribution in [2.75, 3.05) is 13.2 Å². The van der Waals surface area contributed by atoms with Gasteiger partial charge in [-0.25, -0.2) is 0 Å². The fourth-order valence-electron chi connectivity index (χ4n) is 1.38. The molecule has 0 radical (unpaired) electrons. The lowest BCUT2D eigenvalue weighted by Crippen LogP contribution is -2.19. The molecule has 2 atom stereocenters. The second kappa shape index (κ2) is 8.21. The average Bonchev–Trinajstić information content (AvgIpc) is 2.10. The molecular weight excluding hydrogens is 180 g/mol. The molecule has 0 bridgehead atoms. The Kier molecular flexibility index (Phi) is 8.14. The minimum Gasteiger partial charge on any atom is -0.393 e. The molecule has 0 rings (SSSR count). The third kappa shape index (κ3) is 8.48. The van der Waals surface area contributed by atoms with Gasteiger partial charge in [0, 0.05) is 6.61 Å². The van der Waals surface area contributed by atoms with Gasteiger partial charge in [0.25, 0.3) is 0 Å². The largest absolute Gasteiger partial charge is 0.393 e. The summed E-state index contributed by atoms with van der Waals surface area (Å²) in [4.78, 5) is 0. The van der Waals surface area contributed by atoms with Crippen molar-refractivity contribution in [1.29, 1.82) is 0 Å². The summed E-state index contributed by atoms with van der Waals surface area (Å²) in [5.74, 6) is 0.508. The van der Waals surface area contributed by atoms with Gasteiger partial charge in [0.2, 0.25) is 0 Å². The van der Waals surface area contributed by atoms with Crippen LogP contribution in [0.15, 0.2) is 0 Å². The molecule has 0 aromatic heterocycles. The van der Waals surface area contributed by atoms with Crippen LogP contribution in [0.25, 0.3) is 0 Å². The molecule has 0 saturated heterocycles. The van der Waals surface area contributed by atoms with Crippen molar-refractivity contribution in [1.82, 2.24) is 0 Å². The van der Waals surface area contributed by atoms with Gasteiger partial charge in [-0.2, -0.15) is 0 Å². The second-order valence-corrected chi connectivity index (χ2v) is 4.17. The summed E-state index contributed by atoms with van der Waals surface area (Å²) in [6.45, 7) is 7.08. The molecule has 2 N–H and O–H groups in total. The lowest BCUT2D eigenvalue weighted by atomic mass is 10.0. The van der Waals surface area contributed by atoms with Gasteiger partial charge in [-0.1, -0.05) is 13.8 Å². The first-order chi connectivity index (χ1) is 6.56. The van der Waals surface area contributed by atoms with Crippen molar-refractivity contribution in [2.45, 2.75) is 52.2 Å². The summed E-state index contributed by atoms with van der Waals surface area (Å²) in [7, 11) is 0. The molecule has 0 spiro atoms. The highest BCUT2D eigenvalue weighted by Crippen LogP contribution is 2.11. The molecule has 0 saturated carbocycles. The van der Waals surface area contributed by atoms with Gasteiger partial charge in [0.1, 0.15) is 0 Å². The minimum absolute atomic E-state index is 0.286. The Bertz CT molecular complexity index is 126. The van der Waals surface area contributed by atoms with Crippen molar-refractivity contribution in [3.63, 3.8) is 0 Å². The number of aliphatic hydroxyl groups excluding tert-OH is 2. The van der Waals surface area contributed by atoms with E-state index in [2.05, 4.69) is 13.8 Å². The summed E-state index contributed by atoms with van der Waals surface area (Å²) in [5.41, 5.74) is 0. The molecule has 0 fully saturated rings. The summed E-state index contributed by atoms with van der Waals surface area (Å²) < 4.78 is 5.08. The monoisotopic (exact) mass is 204 g/mol. The average molecular weight is 204 g/mol. The van der Waals surface area contributed by atoms with Crippen LogP contribution in [0.1, 0.15) is 40.0 Å². The van der Waals surface area contributed by atoms with Gasteiger partial charge in [0.15, 0.2) is 0 Å². The predicted octanol–water partition coefficient (Wildman–Crippen LogP) is 1.57. The molecule has 3 heteroatoms. The maximum Gasteiger partial charge on any atom is 0.0774 e. The smallest absolute Gasteiger partial charge is 0.0774 e. The zero-order valence-electron chi connectivity index (χ0n) is 9.57. The molecule has 0 heterocycles. The Hall–Kier alpha value is -0.120. The third-order valence-corrected chi connectivity index (χ3v) is 2.09. The fraction of sp³-hybridized carbons (Fsp3) is 1.00. The van der Waals surface area contributed by atoms with E-state index in [1.54, 1.807) is 0 Å². The summed E-state index contributed by atoms with van der Waals surface area (Å²) in [6, 6.07) is 0. The molecule has 86 valence electrons. The molecular formula is C11H24O3. The highest BCUT2D eigenvalue weighted by molar-refractivity contribution is 4.62. The van der Waals surface area contributed by atoms with E-state index in [4.69, 9.17) is 4.74 Å². The Morgan fingerprint density at radius 3 is 2.14 bits per heavy atom. The molecule has 3 nitrogen and oxygen atoms in total. The summed E-state index contributed by atoms with van der Waals surface area (Å²) >= 11 is 0. The van der Waals surface area contributed by atoms with Crippen molar-refractivity contribution in [3.05, 3.63) is 0 Å². The zero-order valence-corrected chi connectivity index (χ0v) is 9.57. The van der Waals surface area contributed by atoms with E-state index in [0.717, 1.165) is 6.42 Å². The molecule has 14 heavy (non-hydrogen) atoms. The van der Waals surface area contributed by atoms with Crippen LogP contribution in [0, 0.1) is 5.92 Å². The summed E-state index contributed by atoms with van der Waals surface area (Å²) in [6.07, 6.45) is 1.37. The van der Waals surface area contributed by atoms with Crippen molar-refractivity contribution >= 4 is 0 Å². The topological polar surface area (TPSA) is 49.7 Å². The van der Waals surface area contributed by atoms with E-state index in [0.29, 0.717) is 32.0 Å². The van der Waals surface area contributed by atoms with Crippen LogP contribution in [-0.2, 0) is 4.74 Å². The van der Waals surface area contributed by atoms with Gasteiger partial charge in [-0.15, -0.1) is 0 Å². The molecule has 0 aromatic carbocycles. The molecule has 0 aromatic rings. The lowest BCUT2D eigenvalue weighted by molar-refractivity contribution is 0.0268. The number of hydrogen-bond donors (Lipinski definition) is 2. The molecule has 0 amide bonds. The number of aliphatic hydroxyl groups is 2. The van der Waals surface area contributed by atoms with E-state index in [1.165, 1.54) is 0 Å². The van der Waals surface area contributed by atoms with Crippen LogP contribution in [0.4, 0.5) is 0 Å². The quantitative estimate of drug-likeness (QED) is 0.631. The highest BCUT2D eigenvalue weighted by atomic mass is 16.5. The normalized spacial score (nSPS) is 15.9. The van der Waals surface area contributed by atoms with Gasteiger partial charge in [-0.3, -0.25) is 0 Å². The van der Waals surface area contributed by atoms with E-state index < -0.39 is 6.10 Å². The third-order valence-electron chi connectivity index (χ3n) is 2.09. The number of hydrogen-bond acceptors (Lipinski definition) is 3. The first kappa shape index (κ1) is 13.9. The predicted molar refractivity (Wildman–Crippen MR) is 57.2 cm³/mol. The highest BCUT2D eigenvalue weighted by Gasteiger charge is 2.10. The van der Waals surface area contributed by atoms with Gasteiger partial charge >= 0.3 is 0 Å². The van der Waals surface area contributed by atoms with Gasteiger partial charge < -0.3 is 14.9 Å². The van der Waals surface area contributed by atoms with E-state index >= 15 is 0 Å². The van der Waals surface area contributed by atoms with Crippen LogP contribution in [-0.4, -0.2) is 35.6 Å². The van der Waals surface area contributed by atoms with Crippen molar-refractivity contribution in [2.24, 2.45) is 5.92 Å². The van der Waals surface area contributed by atoms with E-state index in [9.17, 15) is 10.2 Å². The first-order valence-corrected chi connectivity index (χ1v) is 5.50. The number of rotatable bonds is 8. The summed E-state index contributed by atoms with van der Waals surface area (Å²) in [5, 5.41) is 19.0. The van der Waals surface area contributed by atoms with E-state index in [-0.39, 0.29) is 6.10 Å². The lowest BCUT2D eigenvalue weighted by Gasteiger charge is -2.15. The zero-order chi connectivity index (χ0) is 11.0. The molecule has 2 unspecified atom stereocenters. The fourth-order valence-corrected chi connectivity index (χ4v) is 1.38. The second-order valence-electron chi connectivity index (χ2n) is 4.17. The van der Waals surface area contributed by atoms with Crippen LogP contribution in [0.2, 0.25) is 0 Å². The van der Waals surface area contributed by atoms with Crippen LogP contribution in [0.5, 0.6) is 0 Å². The number of ether oxygens (including phenoxy) is 1. The minimum atomic E-state index is -0.434. The maximum absolute atomic E-state index is 9.54. The first-order valence-electron chi connectivity index (χ1n) is 5.50. The van der Waals surface area contributed by atoms with Crippen LogP contribution in [0.3, 0.4) is 0 Å². The Morgan fingerprint density at radius 2 is 1.64 bits per heavy atom. The standard InChI is InChI=1S/C11H24O3/c1-4-14-8-11(13)6-5-10(12)7-9(2)3/h9-13H,4-8H2,1-3H3. The Labute approximate surface area is 87.1 Å².